The summed E-state index contributed by atoms with van der Waals surface area (Å²) in [7, 11) is 0. The highest BCUT2D eigenvalue weighted by atomic mass is 35.5. The van der Waals surface area contributed by atoms with Crippen molar-refractivity contribution >= 4 is 23.2 Å². The molecule has 0 aliphatic rings. The Bertz CT molecular complexity index is 618. The fourth-order valence-electron chi connectivity index (χ4n) is 1.84. The Hall–Kier alpha value is -2.07. The van der Waals surface area contributed by atoms with Crippen LogP contribution in [0, 0.1) is 13.8 Å². The van der Waals surface area contributed by atoms with Crippen LogP contribution >= 0.6 is 11.6 Å². The minimum Gasteiger partial charge on any atom is -0.508 e. The maximum absolute atomic E-state index is 12.2. The fourth-order valence-corrected chi connectivity index (χ4v) is 2.21. The molecule has 0 saturated heterocycles. The van der Waals surface area contributed by atoms with Crippen molar-refractivity contribution in [2.45, 2.75) is 13.8 Å². The van der Waals surface area contributed by atoms with Crippen LogP contribution < -0.4 is 5.32 Å². The number of nitrogens with one attached hydrogen (secondary N) is 1. The molecule has 98 valence electrons. The zero-order valence-electron chi connectivity index (χ0n) is 10.6. The predicted octanol–water partition coefficient (Wildman–Crippen LogP) is 3.31. The van der Waals surface area contributed by atoms with Crippen LogP contribution in [-0.2, 0) is 0 Å². The third kappa shape index (κ3) is 3.03. The van der Waals surface area contributed by atoms with Gasteiger partial charge in [0.1, 0.15) is 10.9 Å². The lowest BCUT2D eigenvalue weighted by Gasteiger charge is -2.10. The predicted molar refractivity (Wildman–Crippen MR) is 74.8 cm³/mol. The van der Waals surface area contributed by atoms with Gasteiger partial charge in [-0.1, -0.05) is 17.7 Å². The van der Waals surface area contributed by atoms with Crippen molar-refractivity contribution in [2.75, 3.05) is 5.32 Å². The topological polar surface area (TPSA) is 62.2 Å². The average molecular weight is 277 g/mol. The van der Waals surface area contributed by atoms with E-state index in [1.807, 2.05) is 6.92 Å². The Morgan fingerprint density at radius 2 is 2.05 bits per heavy atom. The molecule has 1 amide bonds. The van der Waals surface area contributed by atoms with E-state index in [1.54, 1.807) is 25.1 Å². The Balaban J connectivity index is 2.31. The Labute approximate surface area is 116 Å². The molecule has 5 heteroatoms. The highest BCUT2D eigenvalue weighted by Gasteiger charge is 2.15. The average Bonchev–Trinajstić information content (AvgIpc) is 2.27. The quantitative estimate of drug-likeness (QED) is 0.827. The van der Waals surface area contributed by atoms with Gasteiger partial charge in [-0.2, -0.15) is 0 Å². The number of carbonyl (C=O) groups excluding carboxylic acids is 1. The molecule has 1 heterocycles. The lowest BCUT2D eigenvalue weighted by Crippen LogP contribution is -2.15. The number of nitrogens with zero attached hydrogens (tertiary/aromatic N) is 1. The number of anilines is 1. The number of halogens is 1. The molecule has 1 aromatic carbocycles. The van der Waals surface area contributed by atoms with Gasteiger partial charge in [0.05, 0.1) is 5.56 Å². The second-order valence-corrected chi connectivity index (χ2v) is 4.61. The van der Waals surface area contributed by atoms with Gasteiger partial charge in [0, 0.05) is 17.4 Å². The van der Waals surface area contributed by atoms with Gasteiger partial charge < -0.3 is 10.4 Å². The van der Waals surface area contributed by atoms with Crippen LogP contribution in [0.1, 0.15) is 21.6 Å². The number of pyridine rings is 1. The van der Waals surface area contributed by atoms with Gasteiger partial charge in [-0.05, 0) is 37.6 Å². The van der Waals surface area contributed by atoms with Crippen molar-refractivity contribution in [2.24, 2.45) is 0 Å². The third-order valence-corrected chi connectivity index (χ3v) is 2.91. The smallest absolute Gasteiger partial charge is 0.259 e. The third-order valence-electron chi connectivity index (χ3n) is 2.63. The molecule has 19 heavy (non-hydrogen) atoms. The molecule has 0 saturated carbocycles. The molecule has 0 aliphatic heterocycles. The molecule has 0 spiro atoms. The number of phenols is 1. The van der Waals surface area contributed by atoms with Gasteiger partial charge in [-0.25, -0.2) is 4.98 Å². The number of phenolic OH excluding ortho intramolecular Hbond substituents is 1. The van der Waals surface area contributed by atoms with Gasteiger partial charge in [0.15, 0.2) is 0 Å². The highest BCUT2D eigenvalue weighted by Crippen LogP contribution is 2.21. The summed E-state index contributed by atoms with van der Waals surface area (Å²) in [6, 6.07) is 8.11. The number of rotatable bonds is 2. The van der Waals surface area contributed by atoms with Crippen LogP contribution in [-0.4, -0.2) is 16.0 Å². The second kappa shape index (κ2) is 5.28. The summed E-state index contributed by atoms with van der Waals surface area (Å²) in [5, 5.41) is 12.2. The van der Waals surface area contributed by atoms with Gasteiger partial charge in [-0.3, -0.25) is 4.79 Å². The summed E-state index contributed by atoms with van der Waals surface area (Å²) in [5.74, 6) is -0.261. The van der Waals surface area contributed by atoms with Crippen LogP contribution in [0.2, 0.25) is 5.15 Å². The molecule has 0 radical (unpaired) electrons. The number of aryl methyl sites for hydroxylation is 2. The largest absolute Gasteiger partial charge is 0.508 e. The summed E-state index contributed by atoms with van der Waals surface area (Å²) in [5.41, 5.74) is 2.36. The lowest BCUT2D eigenvalue weighted by molar-refractivity contribution is 0.102. The molecule has 0 fully saturated rings. The fraction of sp³-hybridized carbons (Fsp3) is 0.143. The summed E-state index contributed by atoms with van der Waals surface area (Å²) in [6.45, 7) is 3.62. The lowest BCUT2D eigenvalue weighted by atomic mass is 10.1. The minimum absolute atomic E-state index is 0.0858. The maximum Gasteiger partial charge on any atom is 0.259 e. The van der Waals surface area contributed by atoms with E-state index in [1.165, 1.54) is 12.1 Å². The number of hydrogen-bond acceptors (Lipinski definition) is 3. The zero-order chi connectivity index (χ0) is 14.0. The van der Waals surface area contributed by atoms with Crippen molar-refractivity contribution in [1.82, 2.24) is 4.98 Å². The molecular weight excluding hydrogens is 264 g/mol. The van der Waals surface area contributed by atoms with E-state index in [9.17, 15) is 9.90 Å². The molecule has 0 aliphatic carbocycles. The first-order valence-electron chi connectivity index (χ1n) is 5.71. The Kier molecular flexibility index (Phi) is 3.71. The first-order valence-corrected chi connectivity index (χ1v) is 6.09. The molecule has 2 rings (SSSR count). The molecule has 0 unspecified atom stereocenters. The molecule has 2 aromatic rings. The molecule has 0 bridgehead atoms. The van der Waals surface area contributed by atoms with Crippen LogP contribution in [0.3, 0.4) is 0 Å². The van der Waals surface area contributed by atoms with Crippen molar-refractivity contribution in [3.05, 3.63) is 52.3 Å². The standard InChI is InChI=1S/C14H13ClN2O2/c1-8-6-9(2)16-13(15)12(8)14(19)17-10-4-3-5-11(18)7-10/h3-7,18H,1-2H3,(H,17,19). The first-order chi connectivity index (χ1) is 8.97. The van der Waals surface area contributed by atoms with Crippen LogP contribution in [0.15, 0.2) is 30.3 Å². The number of aromatic hydroxyl groups is 1. The number of carbonyl (C=O) groups is 1. The number of aromatic nitrogens is 1. The molecular formula is C14H13ClN2O2. The van der Waals surface area contributed by atoms with E-state index in [2.05, 4.69) is 10.3 Å². The number of benzene rings is 1. The van der Waals surface area contributed by atoms with E-state index < -0.39 is 0 Å². The van der Waals surface area contributed by atoms with Crippen molar-refractivity contribution < 1.29 is 9.90 Å². The minimum atomic E-state index is -0.347. The van der Waals surface area contributed by atoms with E-state index >= 15 is 0 Å². The normalized spacial score (nSPS) is 10.3. The highest BCUT2D eigenvalue weighted by molar-refractivity contribution is 6.33. The van der Waals surface area contributed by atoms with E-state index in [0.29, 0.717) is 11.3 Å². The van der Waals surface area contributed by atoms with Crippen molar-refractivity contribution in [3.63, 3.8) is 0 Å². The Morgan fingerprint density at radius 3 is 2.68 bits per heavy atom. The number of hydrogen-bond donors (Lipinski definition) is 2. The van der Waals surface area contributed by atoms with Gasteiger partial charge in [0.25, 0.3) is 5.91 Å². The summed E-state index contributed by atoms with van der Waals surface area (Å²) >= 11 is 6.01. The molecule has 4 nitrogen and oxygen atoms in total. The van der Waals surface area contributed by atoms with Gasteiger partial charge in [0.2, 0.25) is 0 Å². The van der Waals surface area contributed by atoms with E-state index in [4.69, 9.17) is 11.6 Å². The monoisotopic (exact) mass is 276 g/mol. The summed E-state index contributed by atoms with van der Waals surface area (Å²) in [4.78, 5) is 16.2. The molecule has 0 atom stereocenters. The summed E-state index contributed by atoms with van der Waals surface area (Å²) in [6.07, 6.45) is 0. The first kappa shape index (κ1) is 13.4. The zero-order valence-corrected chi connectivity index (χ0v) is 11.3. The van der Waals surface area contributed by atoms with Crippen LogP contribution in [0.4, 0.5) is 5.69 Å². The summed E-state index contributed by atoms with van der Waals surface area (Å²) < 4.78 is 0. The van der Waals surface area contributed by atoms with E-state index in [-0.39, 0.29) is 16.8 Å². The molecule has 1 aromatic heterocycles. The van der Waals surface area contributed by atoms with Crippen LogP contribution in [0.5, 0.6) is 5.75 Å². The van der Waals surface area contributed by atoms with Gasteiger partial charge >= 0.3 is 0 Å². The van der Waals surface area contributed by atoms with E-state index in [0.717, 1.165) is 11.3 Å². The Morgan fingerprint density at radius 1 is 1.32 bits per heavy atom. The maximum atomic E-state index is 12.2. The SMILES string of the molecule is Cc1cc(C)c(C(=O)Nc2cccc(O)c2)c(Cl)n1. The van der Waals surface area contributed by atoms with Crippen LogP contribution in [0.25, 0.3) is 0 Å². The second-order valence-electron chi connectivity index (χ2n) is 4.25. The van der Waals surface area contributed by atoms with Crippen molar-refractivity contribution in [3.8, 4) is 5.75 Å². The molecule has 2 N–H and O–H groups in total. The van der Waals surface area contributed by atoms with Crippen molar-refractivity contribution in [1.29, 1.82) is 0 Å². The number of amides is 1. The van der Waals surface area contributed by atoms with Gasteiger partial charge in [-0.15, -0.1) is 0 Å².